The number of likely N-dealkylation sites (N-methyl/N-ethyl adjacent to an activating group) is 1. The van der Waals surface area contributed by atoms with Gasteiger partial charge in [-0.3, -0.25) is 14.4 Å². The van der Waals surface area contributed by atoms with Gasteiger partial charge in [0.25, 0.3) is 5.56 Å². The van der Waals surface area contributed by atoms with E-state index in [-0.39, 0.29) is 30.9 Å². The summed E-state index contributed by atoms with van der Waals surface area (Å²) in [5.41, 5.74) is 1.39. The number of carbonyl (C=O) groups is 2. The number of terminal acetylenes is 1. The number of aliphatic carboxylic acids is 1. The van der Waals surface area contributed by atoms with Crippen LogP contribution in [0.25, 0.3) is 11.1 Å². The van der Waals surface area contributed by atoms with E-state index in [0.29, 0.717) is 28.6 Å². The summed E-state index contributed by atoms with van der Waals surface area (Å²) in [6.07, 6.45) is 3.06. The Hall–Kier alpha value is -4.63. The van der Waals surface area contributed by atoms with E-state index in [1.807, 2.05) is 39.8 Å². The molecule has 0 aliphatic heterocycles. The molecule has 12 heteroatoms. The Bertz CT molecular complexity index is 1720. The second-order valence-electron chi connectivity index (χ2n) is 12.2. The van der Waals surface area contributed by atoms with Crippen LogP contribution in [0, 0.1) is 32.1 Å². The second-order valence-corrected chi connectivity index (χ2v) is 12.2. The fraction of sp³-hybridized carbons (Fsp3) is 0.429. The van der Waals surface area contributed by atoms with Crippen molar-refractivity contribution in [3.05, 3.63) is 80.5 Å². The molecule has 2 N–H and O–H groups in total. The average molecular weight is 655 g/mol. The molecule has 2 aromatic heterocycles. The molecule has 0 unspecified atom stereocenters. The molecule has 0 bridgehead atoms. The Kier molecular flexibility index (Phi) is 12.0. The second kappa shape index (κ2) is 15.3. The lowest BCUT2D eigenvalue weighted by molar-refractivity contribution is -0.139. The van der Waals surface area contributed by atoms with Crippen LogP contribution in [-0.2, 0) is 22.2 Å². The standard InChI is InChI=1S/C35H41F3N4O5/c1-9-27-25(33-21(4)10-11-30(47-8)22(33)5)15-24(18-39-27)28(17-32(44)45)40-34(46)29(14-20(2)3)42-19-23(12-13-41(6)7)26(16-31(42)43)35(36,37)38/h1,10-11,15-16,18-20,28-29H,12-14,17H2,2-8H3,(H,40,46)(H,44,45)/t28-,29-/m1/s1. The smallest absolute Gasteiger partial charge is 0.416 e. The molecule has 2 heterocycles. The minimum atomic E-state index is -4.77. The topological polar surface area (TPSA) is 114 Å². The zero-order valence-electron chi connectivity index (χ0n) is 27.7. The van der Waals surface area contributed by atoms with Crippen LogP contribution < -0.4 is 15.6 Å². The van der Waals surface area contributed by atoms with Crippen molar-refractivity contribution < 1.29 is 32.6 Å². The number of hydrogen-bond donors (Lipinski definition) is 2. The van der Waals surface area contributed by atoms with Gasteiger partial charge >= 0.3 is 12.1 Å². The van der Waals surface area contributed by atoms with Crippen LogP contribution in [0.3, 0.4) is 0 Å². The van der Waals surface area contributed by atoms with Crippen molar-refractivity contribution >= 4 is 11.9 Å². The van der Waals surface area contributed by atoms with Gasteiger partial charge in [-0.2, -0.15) is 13.2 Å². The van der Waals surface area contributed by atoms with Crippen LogP contribution in [0.15, 0.2) is 41.5 Å². The number of ether oxygens (including phenoxy) is 1. The van der Waals surface area contributed by atoms with Gasteiger partial charge in [0, 0.05) is 30.6 Å². The Morgan fingerprint density at radius 3 is 2.43 bits per heavy atom. The Balaban J connectivity index is 2.14. The van der Waals surface area contributed by atoms with Gasteiger partial charge in [0.05, 0.1) is 25.1 Å². The molecule has 0 saturated heterocycles. The van der Waals surface area contributed by atoms with Crippen LogP contribution in [-0.4, -0.2) is 59.2 Å². The van der Waals surface area contributed by atoms with E-state index < -0.39 is 47.7 Å². The summed E-state index contributed by atoms with van der Waals surface area (Å²) >= 11 is 0. The molecule has 0 fully saturated rings. The van der Waals surface area contributed by atoms with Crippen molar-refractivity contribution in [1.82, 2.24) is 19.8 Å². The largest absolute Gasteiger partial charge is 0.496 e. The number of hydrogen-bond acceptors (Lipinski definition) is 6. The quantitative estimate of drug-likeness (QED) is 0.232. The predicted octanol–water partition coefficient (Wildman–Crippen LogP) is 5.56. The van der Waals surface area contributed by atoms with Gasteiger partial charge in [0.2, 0.25) is 5.91 Å². The highest BCUT2D eigenvalue weighted by atomic mass is 19.4. The first-order valence-corrected chi connectivity index (χ1v) is 15.1. The molecular formula is C35H41F3N4O5. The van der Waals surface area contributed by atoms with Gasteiger partial charge in [-0.05, 0) is 92.6 Å². The van der Waals surface area contributed by atoms with Gasteiger partial charge < -0.3 is 24.6 Å². The van der Waals surface area contributed by atoms with Crippen LogP contribution in [0.1, 0.15) is 72.3 Å². The number of amides is 1. The van der Waals surface area contributed by atoms with Gasteiger partial charge in [-0.15, -0.1) is 6.42 Å². The fourth-order valence-electron chi connectivity index (χ4n) is 5.57. The highest BCUT2D eigenvalue weighted by Gasteiger charge is 2.36. The maximum absolute atomic E-state index is 14.0. The van der Waals surface area contributed by atoms with Crippen LogP contribution in [0.4, 0.5) is 13.2 Å². The molecule has 1 aromatic carbocycles. The summed E-state index contributed by atoms with van der Waals surface area (Å²) in [4.78, 5) is 45.3. The summed E-state index contributed by atoms with van der Waals surface area (Å²) in [6.45, 7) is 7.64. The van der Waals surface area contributed by atoms with Crippen molar-refractivity contribution in [3.8, 4) is 29.2 Å². The van der Waals surface area contributed by atoms with E-state index in [4.69, 9.17) is 11.2 Å². The molecule has 3 aromatic rings. The first-order chi connectivity index (χ1) is 22.0. The number of benzene rings is 1. The zero-order chi connectivity index (χ0) is 35.2. The van der Waals surface area contributed by atoms with E-state index in [9.17, 15) is 32.7 Å². The zero-order valence-corrected chi connectivity index (χ0v) is 27.7. The molecule has 47 heavy (non-hydrogen) atoms. The molecule has 3 rings (SSSR count). The van der Waals surface area contributed by atoms with Crippen molar-refractivity contribution in [2.24, 2.45) is 5.92 Å². The molecule has 0 aliphatic carbocycles. The minimum Gasteiger partial charge on any atom is -0.496 e. The summed E-state index contributed by atoms with van der Waals surface area (Å²) in [7, 11) is 4.97. The summed E-state index contributed by atoms with van der Waals surface area (Å²) in [6, 6.07) is 3.53. The Labute approximate surface area is 272 Å². The number of pyridine rings is 2. The van der Waals surface area contributed by atoms with Gasteiger partial charge in [-0.1, -0.05) is 19.9 Å². The van der Waals surface area contributed by atoms with E-state index in [2.05, 4.69) is 16.2 Å². The number of carboxylic acid groups (broad SMARTS) is 1. The third kappa shape index (κ3) is 9.01. The lowest BCUT2D eigenvalue weighted by Gasteiger charge is -2.26. The molecule has 0 aliphatic rings. The third-order valence-corrected chi connectivity index (χ3v) is 7.89. The number of rotatable bonds is 13. The summed E-state index contributed by atoms with van der Waals surface area (Å²) in [5, 5.41) is 12.6. The molecular weight excluding hydrogens is 613 g/mol. The van der Waals surface area contributed by atoms with E-state index in [1.54, 1.807) is 25.1 Å². The van der Waals surface area contributed by atoms with E-state index in [1.165, 1.54) is 13.3 Å². The molecule has 0 saturated carbocycles. The lowest BCUT2D eigenvalue weighted by Crippen LogP contribution is -2.40. The van der Waals surface area contributed by atoms with Crippen molar-refractivity contribution in [1.29, 1.82) is 0 Å². The monoisotopic (exact) mass is 654 g/mol. The normalized spacial score (nSPS) is 12.9. The molecule has 9 nitrogen and oxygen atoms in total. The number of halogens is 3. The predicted molar refractivity (Wildman–Crippen MR) is 173 cm³/mol. The first kappa shape index (κ1) is 36.8. The average Bonchev–Trinajstić information content (AvgIpc) is 2.98. The minimum absolute atomic E-state index is 0.0150. The number of aryl methyl sites for hydroxylation is 1. The number of methoxy groups -OCH3 is 1. The van der Waals surface area contributed by atoms with E-state index in [0.717, 1.165) is 27.5 Å². The Morgan fingerprint density at radius 1 is 1.19 bits per heavy atom. The lowest BCUT2D eigenvalue weighted by atomic mass is 9.91. The number of nitrogens with one attached hydrogen (secondary N) is 1. The molecule has 2 atom stereocenters. The maximum atomic E-state index is 14.0. The van der Waals surface area contributed by atoms with Gasteiger partial charge in [0.1, 0.15) is 17.5 Å². The number of alkyl halides is 3. The first-order valence-electron chi connectivity index (χ1n) is 15.1. The molecule has 0 spiro atoms. The fourth-order valence-corrected chi connectivity index (χ4v) is 5.57. The number of aromatic nitrogens is 2. The molecule has 1 amide bonds. The van der Waals surface area contributed by atoms with Crippen molar-refractivity contribution in [3.63, 3.8) is 0 Å². The highest BCUT2D eigenvalue weighted by molar-refractivity contribution is 5.82. The van der Waals surface area contributed by atoms with Crippen molar-refractivity contribution in [2.75, 3.05) is 27.7 Å². The Morgan fingerprint density at radius 2 is 1.87 bits per heavy atom. The molecule has 0 radical (unpaired) electrons. The maximum Gasteiger partial charge on any atom is 0.416 e. The number of carboxylic acids is 1. The van der Waals surface area contributed by atoms with E-state index >= 15 is 0 Å². The van der Waals surface area contributed by atoms with Crippen LogP contribution >= 0.6 is 0 Å². The van der Waals surface area contributed by atoms with Gasteiger partial charge in [0.15, 0.2) is 0 Å². The highest BCUT2D eigenvalue weighted by Crippen LogP contribution is 2.36. The third-order valence-electron chi connectivity index (χ3n) is 7.89. The number of nitrogens with zero attached hydrogens (tertiary/aromatic N) is 3. The SMILES string of the molecule is C#Cc1ncc([C@@H](CC(=O)O)NC(=O)[C@@H](CC(C)C)n2cc(CCN(C)C)c(C(F)(F)F)cc2=O)cc1-c1c(C)ccc(OC)c1C. The molecule has 252 valence electrons. The number of carbonyl (C=O) groups excluding carboxylic acids is 1. The van der Waals surface area contributed by atoms with Gasteiger partial charge in [-0.25, -0.2) is 4.98 Å². The van der Waals surface area contributed by atoms with Crippen LogP contribution in [0.2, 0.25) is 0 Å². The van der Waals surface area contributed by atoms with Crippen LogP contribution in [0.5, 0.6) is 5.75 Å². The van der Waals surface area contributed by atoms with Crippen molar-refractivity contribution in [2.45, 2.75) is 65.2 Å². The summed E-state index contributed by atoms with van der Waals surface area (Å²) in [5.74, 6) is 1.08. The summed E-state index contributed by atoms with van der Waals surface area (Å²) < 4.78 is 48.3.